The number of esters is 1. The molecule has 0 aromatic heterocycles. The third-order valence-electron chi connectivity index (χ3n) is 14.5. The van der Waals surface area contributed by atoms with Crippen LogP contribution in [0, 0.1) is 17.8 Å². The van der Waals surface area contributed by atoms with Crippen LogP contribution in [0.1, 0.15) is 100 Å². The Bertz CT molecular complexity index is 1790. The van der Waals surface area contributed by atoms with Crippen LogP contribution in [0.15, 0.2) is 24.3 Å². The molecule has 18 atom stereocenters. The zero-order valence-electron chi connectivity index (χ0n) is 41.5. The molecule has 376 valence electrons. The van der Waals surface area contributed by atoms with Gasteiger partial charge in [0.25, 0.3) is 0 Å². The fourth-order valence-electron chi connectivity index (χ4n) is 10.7. The number of hydrogen-bond acceptors (Lipinski definition) is 16. The number of aliphatic hydroxyl groups excluding tert-OH is 1. The summed E-state index contributed by atoms with van der Waals surface area (Å²) in [6.45, 7) is 18.9. The number of nitrogens with zero attached hydrogens (tertiary/aromatic N) is 2. The predicted molar refractivity (Wildman–Crippen MR) is 245 cm³/mol. The summed E-state index contributed by atoms with van der Waals surface area (Å²) in [6.07, 6.45) is -8.93. The molecule has 0 unspecified atom stereocenters. The van der Waals surface area contributed by atoms with Crippen molar-refractivity contribution in [2.24, 2.45) is 17.8 Å². The Labute approximate surface area is 396 Å². The van der Waals surface area contributed by atoms with Gasteiger partial charge < -0.3 is 63.1 Å². The number of amides is 1. The molecule has 3 N–H and O–H groups in total. The van der Waals surface area contributed by atoms with Crippen molar-refractivity contribution >= 4 is 29.8 Å². The van der Waals surface area contributed by atoms with E-state index in [9.17, 15) is 24.6 Å². The number of ether oxygens (including phenoxy) is 9. The highest BCUT2D eigenvalue weighted by molar-refractivity contribution is 6.31. The summed E-state index contributed by atoms with van der Waals surface area (Å²) >= 11 is 6.32. The second kappa shape index (κ2) is 22.3. The van der Waals surface area contributed by atoms with Gasteiger partial charge in [0, 0.05) is 49.6 Å². The van der Waals surface area contributed by atoms with Gasteiger partial charge in [0.2, 0.25) is 0 Å². The highest BCUT2D eigenvalue weighted by Crippen LogP contribution is 2.42. The van der Waals surface area contributed by atoms with Crippen LogP contribution in [0.2, 0.25) is 5.02 Å². The van der Waals surface area contributed by atoms with E-state index in [1.165, 1.54) is 7.11 Å². The average molecular weight is 957 g/mol. The molecule has 17 nitrogen and oxygen atoms in total. The van der Waals surface area contributed by atoms with E-state index >= 15 is 0 Å². The Kier molecular flexibility index (Phi) is 18.3. The van der Waals surface area contributed by atoms with Crippen LogP contribution in [-0.4, -0.2) is 170 Å². The number of alkyl carbamates (subject to hydrolysis) is 1. The smallest absolute Gasteiger partial charge is 0.458 e. The van der Waals surface area contributed by atoms with E-state index in [1.807, 2.05) is 83.8 Å². The van der Waals surface area contributed by atoms with Crippen LogP contribution in [0.25, 0.3) is 0 Å². The number of aliphatic hydroxyl groups is 2. The van der Waals surface area contributed by atoms with Crippen molar-refractivity contribution in [2.45, 2.75) is 192 Å². The van der Waals surface area contributed by atoms with Crippen molar-refractivity contribution in [1.29, 1.82) is 0 Å². The zero-order chi connectivity index (χ0) is 49.1. The van der Waals surface area contributed by atoms with Gasteiger partial charge in [-0.3, -0.25) is 9.69 Å². The van der Waals surface area contributed by atoms with Crippen molar-refractivity contribution in [3.05, 3.63) is 34.9 Å². The number of carbonyl (C=O) groups excluding carboxylic acids is 3. The minimum absolute atomic E-state index is 0.0661. The molecular weight excluding hydrogens is 878 g/mol. The summed E-state index contributed by atoms with van der Waals surface area (Å²) in [5.41, 5.74) is -3.19. The maximum Gasteiger partial charge on any atom is 0.509 e. The van der Waals surface area contributed by atoms with Gasteiger partial charge in [-0.05, 0) is 113 Å². The number of benzene rings is 1. The van der Waals surface area contributed by atoms with Crippen LogP contribution < -0.4 is 5.32 Å². The zero-order valence-corrected chi connectivity index (χ0v) is 42.2. The number of fused-ring (bicyclic) bond motifs is 1. The van der Waals surface area contributed by atoms with Gasteiger partial charge >= 0.3 is 18.2 Å². The number of methoxy groups -OCH3 is 1. The molecule has 4 fully saturated rings. The first-order valence-corrected chi connectivity index (χ1v) is 24.0. The first-order valence-electron chi connectivity index (χ1n) is 23.6. The molecule has 1 aromatic carbocycles. The molecule has 5 rings (SSSR count). The highest BCUT2D eigenvalue weighted by atomic mass is 35.5. The molecule has 4 heterocycles. The largest absolute Gasteiger partial charge is 0.509 e. The van der Waals surface area contributed by atoms with E-state index in [0.717, 1.165) is 5.56 Å². The first-order chi connectivity index (χ1) is 30.8. The number of rotatable bonds is 11. The predicted octanol–water partition coefficient (Wildman–Crippen LogP) is 5.71. The van der Waals surface area contributed by atoms with Crippen LogP contribution in [0.4, 0.5) is 9.59 Å². The average Bonchev–Trinajstić information content (AvgIpc) is 3.56. The molecule has 66 heavy (non-hydrogen) atoms. The standard InChI is InChI=1S/C48H78ClN3O14/c1-15-35-48(10)40(65-45(56)66-48)30(6)52(13)25-26(2)23-46(8,57)39(63-43-37(53)34(51(11)12)22-27(3)59-43)28(4)38(29(5)42(54)61-35)62-36-24-47(9,58-14)41(31(7)60-36)64-44(55)50-21-20-32-18-16-17-19-33(32)49/h16-19,26-31,34-41,43,53,57H,15,20-25H2,1-14H3,(H,50,55)/t26-,27-,28+,29-,30-,31+,34+,35-,36+,37-,38+,39-,40-,41+,43+,46+,47-,48-/m1/s1. The Morgan fingerprint density at radius 3 is 2.32 bits per heavy atom. The molecule has 18 heteroatoms. The van der Waals surface area contributed by atoms with Gasteiger partial charge in [-0.15, -0.1) is 0 Å². The second-order valence-electron chi connectivity index (χ2n) is 20.2. The van der Waals surface area contributed by atoms with E-state index in [1.54, 1.807) is 40.7 Å². The molecule has 1 aromatic rings. The lowest BCUT2D eigenvalue weighted by atomic mass is 9.77. The van der Waals surface area contributed by atoms with Crippen molar-refractivity contribution in [3.8, 4) is 0 Å². The van der Waals surface area contributed by atoms with E-state index in [2.05, 4.69) is 5.32 Å². The highest BCUT2D eigenvalue weighted by Gasteiger charge is 2.58. The van der Waals surface area contributed by atoms with Crippen molar-refractivity contribution in [3.63, 3.8) is 0 Å². The lowest BCUT2D eigenvalue weighted by Gasteiger charge is -2.49. The number of cyclic esters (lactones) is 1. The fraction of sp³-hybridized carbons (Fsp3) is 0.812. The van der Waals surface area contributed by atoms with E-state index < -0.39 is 102 Å². The molecule has 0 aliphatic carbocycles. The van der Waals surface area contributed by atoms with E-state index in [4.69, 9.17) is 54.2 Å². The van der Waals surface area contributed by atoms with Gasteiger partial charge in [0.15, 0.2) is 30.4 Å². The Morgan fingerprint density at radius 2 is 1.68 bits per heavy atom. The molecule has 0 radical (unpaired) electrons. The lowest BCUT2D eigenvalue weighted by molar-refractivity contribution is -0.317. The van der Waals surface area contributed by atoms with Crippen LogP contribution in [-0.2, 0) is 53.8 Å². The third-order valence-corrected chi connectivity index (χ3v) is 14.9. The van der Waals surface area contributed by atoms with Crippen LogP contribution in [0.3, 0.4) is 0 Å². The number of carbonyl (C=O) groups is 3. The Hall–Kier alpha value is -2.84. The summed E-state index contributed by atoms with van der Waals surface area (Å²) < 4.78 is 56.6. The van der Waals surface area contributed by atoms with Gasteiger partial charge in [-0.25, -0.2) is 9.59 Å². The van der Waals surface area contributed by atoms with Gasteiger partial charge in [0.1, 0.15) is 17.8 Å². The first kappa shape index (κ1) is 54.1. The van der Waals surface area contributed by atoms with Crippen molar-refractivity contribution in [2.75, 3.05) is 41.3 Å². The van der Waals surface area contributed by atoms with Crippen LogP contribution in [0.5, 0.6) is 0 Å². The fourth-order valence-corrected chi connectivity index (χ4v) is 10.9. The Balaban J connectivity index is 1.50. The second-order valence-corrected chi connectivity index (χ2v) is 20.6. The quantitative estimate of drug-likeness (QED) is 0.180. The van der Waals surface area contributed by atoms with Gasteiger partial charge in [-0.1, -0.05) is 50.6 Å². The normalized spacial score (nSPS) is 42.0. The van der Waals surface area contributed by atoms with E-state index in [0.29, 0.717) is 30.8 Å². The Morgan fingerprint density at radius 1 is 1.00 bits per heavy atom. The number of hydrogen-bond donors (Lipinski definition) is 3. The monoisotopic (exact) mass is 956 g/mol. The molecule has 4 aliphatic rings. The minimum atomic E-state index is -1.60. The summed E-state index contributed by atoms with van der Waals surface area (Å²) in [6, 6.07) is 6.72. The number of nitrogens with one attached hydrogen (secondary N) is 1. The van der Waals surface area contributed by atoms with Gasteiger partial charge in [0.05, 0.1) is 35.9 Å². The summed E-state index contributed by atoms with van der Waals surface area (Å²) in [5.74, 6) is -2.66. The lowest BCUT2D eigenvalue weighted by Crippen LogP contribution is -2.61. The summed E-state index contributed by atoms with van der Waals surface area (Å²) in [4.78, 5) is 44.8. The maximum atomic E-state index is 14.7. The summed E-state index contributed by atoms with van der Waals surface area (Å²) in [5, 5.41) is 27.9. The molecule has 1 amide bonds. The molecule has 0 bridgehead atoms. The van der Waals surface area contributed by atoms with E-state index in [-0.39, 0.29) is 43.5 Å². The van der Waals surface area contributed by atoms with Crippen molar-refractivity contribution < 1.29 is 67.2 Å². The molecular formula is C48H78ClN3O14. The molecule has 4 aliphatic heterocycles. The molecule has 0 spiro atoms. The van der Waals surface area contributed by atoms with Crippen LogP contribution >= 0.6 is 11.6 Å². The summed E-state index contributed by atoms with van der Waals surface area (Å²) in [7, 11) is 7.20. The van der Waals surface area contributed by atoms with Crippen molar-refractivity contribution in [1.82, 2.24) is 15.1 Å². The molecule has 0 saturated carbocycles. The number of halogens is 1. The molecule has 4 saturated heterocycles. The maximum absolute atomic E-state index is 14.7. The third kappa shape index (κ3) is 12.3. The topological polar surface area (TPSA) is 193 Å². The minimum Gasteiger partial charge on any atom is -0.458 e. The SMILES string of the molecule is CC[C@H]1OC(=O)[C@H](C)[C@@H](O[C@H]2C[C@@](C)(OC)[C@@H](OC(=O)NCCc3ccccc3Cl)[C@H](C)O2)[C@H](C)[C@@H](O[C@@H]2O[C@H](C)C[C@H](N(C)C)[C@H]2O)[C@@](C)(O)C[C@@H](C)CN(C)[C@H](C)[C@H]2OC(=O)O[C@@]21C. The van der Waals surface area contributed by atoms with Gasteiger partial charge in [-0.2, -0.15) is 0 Å². The number of likely N-dealkylation sites (N-methyl/N-ethyl adjacent to an activating group) is 2.